The first-order chi connectivity index (χ1) is 12.1. The summed E-state index contributed by atoms with van der Waals surface area (Å²) >= 11 is 6.03. The predicted molar refractivity (Wildman–Crippen MR) is 86.3 cm³/mol. The molecule has 0 saturated carbocycles. The Morgan fingerprint density at radius 1 is 1.27 bits per heavy atom. The van der Waals surface area contributed by atoms with Gasteiger partial charge in [-0.05, 0) is 24.3 Å². The highest BCUT2D eigenvalue weighted by molar-refractivity contribution is 7.17. The van der Waals surface area contributed by atoms with E-state index in [1.165, 1.54) is 0 Å². The van der Waals surface area contributed by atoms with Crippen LogP contribution in [0.15, 0.2) is 30.3 Å². The van der Waals surface area contributed by atoms with Gasteiger partial charge in [-0.2, -0.15) is 13.2 Å². The summed E-state index contributed by atoms with van der Waals surface area (Å²) in [6.07, 6.45) is -4.70. The number of esters is 1. The van der Waals surface area contributed by atoms with Crippen LogP contribution < -0.4 is 5.32 Å². The third kappa shape index (κ3) is 4.92. The average molecular weight is 409 g/mol. The first kappa shape index (κ1) is 19.7. The number of benzene rings is 1. The zero-order chi connectivity index (χ0) is 19.5. The van der Waals surface area contributed by atoms with Gasteiger partial charge in [0, 0.05) is 11.8 Å². The number of thiophene rings is 1. The van der Waals surface area contributed by atoms with E-state index in [-0.39, 0.29) is 15.6 Å². The van der Waals surface area contributed by atoms with Crippen molar-refractivity contribution in [2.45, 2.75) is 6.18 Å². The number of anilines is 1. The molecule has 1 amide bonds. The van der Waals surface area contributed by atoms with Gasteiger partial charge in [0.05, 0.1) is 15.5 Å². The monoisotopic (exact) mass is 408 g/mol. The molecule has 12 heteroatoms. The van der Waals surface area contributed by atoms with Gasteiger partial charge in [-0.15, -0.1) is 0 Å². The molecule has 0 aliphatic carbocycles. The van der Waals surface area contributed by atoms with Crippen LogP contribution >= 0.6 is 22.9 Å². The Kier molecular flexibility index (Phi) is 5.83. The van der Waals surface area contributed by atoms with Crippen LogP contribution in [0.5, 0.6) is 0 Å². The number of carbonyl (C=O) groups is 2. The smallest absolute Gasteiger partial charge is 0.417 e. The van der Waals surface area contributed by atoms with Crippen molar-refractivity contribution < 1.29 is 32.4 Å². The Morgan fingerprint density at radius 3 is 2.54 bits per heavy atom. The fraction of sp³-hybridized carbons (Fsp3) is 0.143. The number of hydrogen-bond donors (Lipinski definition) is 1. The molecular formula is C14H8ClF3N2O5S. The van der Waals surface area contributed by atoms with Crippen molar-refractivity contribution in [3.63, 3.8) is 0 Å². The zero-order valence-electron chi connectivity index (χ0n) is 12.5. The Balaban J connectivity index is 1.96. The van der Waals surface area contributed by atoms with Gasteiger partial charge in [-0.1, -0.05) is 22.9 Å². The van der Waals surface area contributed by atoms with Crippen molar-refractivity contribution in [1.82, 2.24) is 0 Å². The Labute approximate surface area is 152 Å². The van der Waals surface area contributed by atoms with E-state index in [9.17, 15) is 32.9 Å². The number of hydrogen-bond acceptors (Lipinski definition) is 6. The average Bonchev–Trinajstić information content (AvgIpc) is 3.03. The third-order valence-electron chi connectivity index (χ3n) is 2.86. The largest absolute Gasteiger partial charge is 0.451 e. The van der Waals surface area contributed by atoms with Gasteiger partial charge in [0.2, 0.25) is 0 Å². The molecule has 0 radical (unpaired) electrons. The van der Waals surface area contributed by atoms with Crippen molar-refractivity contribution in [1.29, 1.82) is 0 Å². The Bertz CT molecular complexity index is 869. The van der Waals surface area contributed by atoms with Crippen molar-refractivity contribution in [3.05, 3.63) is 55.9 Å². The molecule has 0 spiro atoms. The second-order valence-electron chi connectivity index (χ2n) is 4.71. The van der Waals surface area contributed by atoms with Gasteiger partial charge in [-0.25, -0.2) is 4.79 Å². The topological polar surface area (TPSA) is 98.5 Å². The molecule has 2 rings (SSSR count). The summed E-state index contributed by atoms with van der Waals surface area (Å²) in [5.41, 5.74) is -1.31. The lowest BCUT2D eigenvalue weighted by atomic mass is 10.2. The molecule has 0 unspecified atom stereocenters. The number of alkyl halides is 3. The van der Waals surface area contributed by atoms with Crippen molar-refractivity contribution in [2.75, 3.05) is 11.9 Å². The molecule has 0 aliphatic heterocycles. The van der Waals surface area contributed by atoms with Crippen molar-refractivity contribution >= 4 is 45.5 Å². The van der Waals surface area contributed by atoms with E-state index in [0.717, 1.165) is 24.3 Å². The third-order valence-corrected chi connectivity index (χ3v) is 4.21. The molecule has 1 aromatic heterocycles. The maximum absolute atomic E-state index is 12.8. The Morgan fingerprint density at radius 2 is 1.96 bits per heavy atom. The van der Waals surface area contributed by atoms with E-state index in [4.69, 9.17) is 11.6 Å². The molecule has 0 aliphatic rings. The fourth-order valence-corrected chi connectivity index (χ4v) is 2.69. The quantitative estimate of drug-likeness (QED) is 0.455. The van der Waals surface area contributed by atoms with Gasteiger partial charge in [0.1, 0.15) is 4.88 Å². The molecule has 0 bridgehead atoms. The van der Waals surface area contributed by atoms with E-state index in [1.54, 1.807) is 0 Å². The van der Waals surface area contributed by atoms with Crippen molar-refractivity contribution in [3.8, 4) is 0 Å². The van der Waals surface area contributed by atoms with Crippen LogP contribution in [0.2, 0.25) is 5.02 Å². The standard InChI is InChI=1S/C14H8ClF3N2O5S/c15-9-2-1-7(5-8(9)14(16,17)18)19-11(21)6-25-13(22)10-3-4-12(26-10)20(23)24/h1-5H,6H2,(H,19,21). The van der Waals surface area contributed by atoms with Crippen LogP contribution in [0.1, 0.15) is 15.2 Å². The number of nitro groups is 1. The lowest BCUT2D eigenvalue weighted by Crippen LogP contribution is -2.21. The zero-order valence-corrected chi connectivity index (χ0v) is 14.1. The van der Waals surface area contributed by atoms with Crippen LogP contribution in [0.25, 0.3) is 0 Å². The highest BCUT2D eigenvalue weighted by Crippen LogP contribution is 2.36. The number of halogens is 4. The molecule has 26 heavy (non-hydrogen) atoms. The van der Waals surface area contributed by atoms with Crippen LogP contribution in [0.4, 0.5) is 23.9 Å². The minimum absolute atomic E-state index is 0.0876. The number of nitrogens with one attached hydrogen (secondary N) is 1. The molecule has 138 valence electrons. The van der Waals surface area contributed by atoms with Gasteiger partial charge in [-0.3, -0.25) is 14.9 Å². The first-order valence-corrected chi connectivity index (χ1v) is 7.85. The number of amides is 1. The summed E-state index contributed by atoms with van der Waals surface area (Å²) < 4.78 is 42.9. The fourth-order valence-electron chi connectivity index (χ4n) is 1.76. The van der Waals surface area contributed by atoms with E-state index in [0.29, 0.717) is 17.4 Å². The normalized spacial score (nSPS) is 11.1. The van der Waals surface area contributed by atoms with E-state index >= 15 is 0 Å². The Hall–Kier alpha value is -2.66. The summed E-state index contributed by atoms with van der Waals surface area (Å²) in [6.45, 7) is -0.783. The molecule has 7 nitrogen and oxygen atoms in total. The number of ether oxygens (including phenoxy) is 1. The van der Waals surface area contributed by atoms with Crippen LogP contribution in [-0.4, -0.2) is 23.4 Å². The molecule has 1 aromatic carbocycles. The number of nitrogens with zero attached hydrogens (tertiary/aromatic N) is 1. The number of carbonyl (C=O) groups excluding carboxylic acids is 2. The van der Waals surface area contributed by atoms with Crippen LogP contribution in [0.3, 0.4) is 0 Å². The molecule has 1 N–H and O–H groups in total. The summed E-state index contributed by atoms with van der Waals surface area (Å²) in [7, 11) is 0. The predicted octanol–water partition coefficient (Wildman–Crippen LogP) is 4.12. The lowest BCUT2D eigenvalue weighted by molar-refractivity contribution is -0.380. The first-order valence-electron chi connectivity index (χ1n) is 6.66. The van der Waals surface area contributed by atoms with Crippen molar-refractivity contribution in [2.24, 2.45) is 0 Å². The van der Waals surface area contributed by atoms with E-state index in [1.807, 2.05) is 0 Å². The molecule has 0 fully saturated rings. The maximum Gasteiger partial charge on any atom is 0.417 e. The summed E-state index contributed by atoms with van der Waals surface area (Å²) in [4.78, 5) is 33.2. The van der Waals surface area contributed by atoms with Gasteiger partial charge < -0.3 is 10.1 Å². The van der Waals surface area contributed by atoms with Gasteiger partial charge in [0.25, 0.3) is 5.91 Å². The van der Waals surface area contributed by atoms with E-state index in [2.05, 4.69) is 10.1 Å². The second kappa shape index (κ2) is 7.70. The summed E-state index contributed by atoms with van der Waals surface area (Å²) in [5, 5.41) is 11.9. The molecule has 0 atom stereocenters. The molecule has 0 saturated heterocycles. The molecule has 2 aromatic rings. The highest BCUT2D eigenvalue weighted by atomic mass is 35.5. The molecular weight excluding hydrogens is 401 g/mol. The minimum Gasteiger partial charge on any atom is -0.451 e. The van der Waals surface area contributed by atoms with E-state index < -0.39 is 40.2 Å². The minimum atomic E-state index is -4.70. The lowest BCUT2D eigenvalue weighted by Gasteiger charge is -2.11. The molecule has 1 heterocycles. The summed E-state index contributed by atoms with van der Waals surface area (Å²) in [5.74, 6) is -1.86. The maximum atomic E-state index is 12.8. The van der Waals surface area contributed by atoms with Gasteiger partial charge >= 0.3 is 17.1 Å². The van der Waals surface area contributed by atoms with Crippen LogP contribution in [-0.2, 0) is 15.7 Å². The number of rotatable bonds is 5. The van der Waals surface area contributed by atoms with Gasteiger partial charge in [0.15, 0.2) is 6.61 Å². The van der Waals surface area contributed by atoms with Crippen LogP contribution in [0, 0.1) is 10.1 Å². The highest BCUT2D eigenvalue weighted by Gasteiger charge is 2.33. The SMILES string of the molecule is O=C(COC(=O)c1ccc([N+](=O)[O-])s1)Nc1ccc(Cl)c(C(F)(F)F)c1. The second-order valence-corrected chi connectivity index (χ2v) is 6.18. The summed E-state index contributed by atoms with van der Waals surface area (Å²) in [6, 6.07) is 5.03.